The Kier molecular flexibility index (Phi) is 4.05. The third-order valence-corrected chi connectivity index (χ3v) is 3.61. The number of halogens is 2. The van der Waals surface area contributed by atoms with Crippen LogP contribution in [0.2, 0.25) is 5.02 Å². The molecule has 0 spiro atoms. The van der Waals surface area contributed by atoms with E-state index in [2.05, 4.69) is 38.5 Å². The van der Waals surface area contributed by atoms with Crippen LogP contribution >= 0.6 is 27.5 Å². The van der Waals surface area contributed by atoms with Crippen LogP contribution in [0.1, 0.15) is 19.8 Å². The lowest BCUT2D eigenvalue weighted by atomic mass is 10.00. The number of piperidine rings is 1. The number of rotatable bonds is 2. The predicted molar refractivity (Wildman–Crippen MR) is 71.1 cm³/mol. The Balaban J connectivity index is 2.07. The third-order valence-electron chi connectivity index (χ3n) is 2.89. The van der Waals surface area contributed by atoms with E-state index in [-0.39, 0.29) is 0 Å². The first-order valence-corrected chi connectivity index (χ1v) is 6.65. The molecule has 88 valence electrons. The maximum Gasteiger partial charge on any atom is 0.145 e. The standard InChI is InChI=1S/C11H15BrClN3/c1-7-10(3-2-4-14-7)16-11-9(13)5-8(12)6-15-11/h5-7,10,14H,2-4H2,1H3,(H,15,16). The molecule has 2 rings (SSSR count). The molecule has 1 aliphatic heterocycles. The number of anilines is 1. The fourth-order valence-electron chi connectivity index (χ4n) is 1.94. The van der Waals surface area contributed by atoms with Crippen molar-refractivity contribution in [2.45, 2.75) is 31.8 Å². The van der Waals surface area contributed by atoms with Gasteiger partial charge in [-0.25, -0.2) is 4.98 Å². The lowest BCUT2D eigenvalue weighted by Crippen LogP contribution is -2.46. The molecule has 0 radical (unpaired) electrons. The van der Waals surface area contributed by atoms with Crippen molar-refractivity contribution in [2.75, 3.05) is 11.9 Å². The van der Waals surface area contributed by atoms with Gasteiger partial charge in [0.15, 0.2) is 0 Å². The second kappa shape index (κ2) is 5.34. The van der Waals surface area contributed by atoms with Gasteiger partial charge in [0.1, 0.15) is 5.82 Å². The van der Waals surface area contributed by atoms with E-state index in [1.807, 2.05) is 6.07 Å². The monoisotopic (exact) mass is 303 g/mol. The molecule has 0 saturated carbocycles. The van der Waals surface area contributed by atoms with Gasteiger partial charge in [-0.2, -0.15) is 0 Å². The molecule has 0 bridgehead atoms. The molecular formula is C11H15BrClN3. The summed E-state index contributed by atoms with van der Waals surface area (Å²) in [7, 11) is 0. The minimum atomic E-state index is 0.403. The quantitative estimate of drug-likeness (QED) is 0.882. The zero-order valence-electron chi connectivity index (χ0n) is 9.13. The first kappa shape index (κ1) is 12.1. The Hall–Kier alpha value is -0.320. The molecule has 5 heteroatoms. The van der Waals surface area contributed by atoms with E-state index in [0.717, 1.165) is 23.3 Å². The molecule has 0 amide bonds. The van der Waals surface area contributed by atoms with Gasteiger partial charge in [0.25, 0.3) is 0 Å². The van der Waals surface area contributed by atoms with Crippen LogP contribution < -0.4 is 10.6 Å². The molecule has 1 fully saturated rings. The molecule has 1 saturated heterocycles. The number of hydrogen-bond acceptors (Lipinski definition) is 3. The number of hydrogen-bond donors (Lipinski definition) is 2. The SMILES string of the molecule is CC1NCCCC1Nc1ncc(Br)cc1Cl. The van der Waals surface area contributed by atoms with Crippen molar-refractivity contribution in [2.24, 2.45) is 0 Å². The van der Waals surface area contributed by atoms with E-state index in [0.29, 0.717) is 17.1 Å². The first-order chi connectivity index (χ1) is 7.66. The Morgan fingerprint density at radius 3 is 3.12 bits per heavy atom. The molecule has 2 unspecified atom stereocenters. The third kappa shape index (κ3) is 2.87. The lowest BCUT2D eigenvalue weighted by Gasteiger charge is -2.31. The van der Waals surface area contributed by atoms with Crippen LogP contribution in [-0.4, -0.2) is 23.6 Å². The summed E-state index contributed by atoms with van der Waals surface area (Å²) in [5.41, 5.74) is 0. The summed E-state index contributed by atoms with van der Waals surface area (Å²) in [6.07, 6.45) is 4.10. The first-order valence-electron chi connectivity index (χ1n) is 5.48. The summed E-state index contributed by atoms with van der Waals surface area (Å²) >= 11 is 9.47. The van der Waals surface area contributed by atoms with Gasteiger partial charge in [0, 0.05) is 22.8 Å². The predicted octanol–water partition coefficient (Wildman–Crippen LogP) is 3.05. The Morgan fingerprint density at radius 1 is 1.62 bits per heavy atom. The molecule has 1 aromatic heterocycles. The van der Waals surface area contributed by atoms with Crippen molar-refractivity contribution >= 4 is 33.3 Å². The molecule has 0 aliphatic carbocycles. The Labute approximate surface area is 109 Å². The summed E-state index contributed by atoms with van der Waals surface area (Å²) in [5.74, 6) is 0.769. The van der Waals surface area contributed by atoms with Crippen LogP contribution in [-0.2, 0) is 0 Å². The maximum absolute atomic E-state index is 6.12. The Morgan fingerprint density at radius 2 is 2.44 bits per heavy atom. The van der Waals surface area contributed by atoms with Gasteiger partial charge in [-0.1, -0.05) is 11.6 Å². The van der Waals surface area contributed by atoms with Crippen LogP contribution in [0, 0.1) is 0 Å². The molecule has 1 aliphatic rings. The van der Waals surface area contributed by atoms with Gasteiger partial charge < -0.3 is 10.6 Å². The summed E-state index contributed by atoms with van der Waals surface area (Å²) in [5, 5.41) is 7.50. The minimum Gasteiger partial charge on any atom is -0.365 e. The summed E-state index contributed by atoms with van der Waals surface area (Å²) in [4.78, 5) is 4.29. The highest BCUT2D eigenvalue weighted by Crippen LogP contribution is 2.25. The number of aromatic nitrogens is 1. The number of pyridine rings is 1. The molecule has 3 nitrogen and oxygen atoms in total. The molecule has 2 atom stereocenters. The van der Waals surface area contributed by atoms with E-state index in [9.17, 15) is 0 Å². The second-order valence-electron chi connectivity index (χ2n) is 4.12. The van der Waals surface area contributed by atoms with Crippen molar-refractivity contribution in [3.05, 3.63) is 21.8 Å². The van der Waals surface area contributed by atoms with Gasteiger partial charge in [-0.15, -0.1) is 0 Å². The summed E-state index contributed by atoms with van der Waals surface area (Å²) in [6.45, 7) is 3.28. The van der Waals surface area contributed by atoms with Crippen LogP contribution in [0.15, 0.2) is 16.7 Å². The normalized spacial score (nSPS) is 25.4. The smallest absolute Gasteiger partial charge is 0.145 e. The van der Waals surface area contributed by atoms with Crippen molar-refractivity contribution in [3.8, 4) is 0 Å². The van der Waals surface area contributed by atoms with E-state index >= 15 is 0 Å². The molecule has 2 N–H and O–H groups in total. The highest BCUT2D eigenvalue weighted by atomic mass is 79.9. The summed E-state index contributed by atoms with van der Waals surface area (Å²) in [6, 6.07) is 2.72. The van der Waals surface area contributed by atoms with E-state index in [1.54, 1.807) is 6.20 Å². The zero-order chi connectivity index (χ0) is 11.5. The molecule has 2 heterocycles. The van der Waals surface area contributed by atoms with Crippen LogP contribution in [0.25, 0.3) is 0 Å². The topological polar surface area (TPSA) is 37.0 Å². The average molecular weight is 305 g/mol. The van der Waals surface area contributed by atoms with Gasteiger partial charge in [-0.3, -0.25) is 0 Å². The van der Waals surface area contributed by atoms with Crippen molar-refractivity contribution in [1.29, 1.82) is 0 Å². The minimum absolute atomic E-state index is 0.403. The van der Waals surface area contributed by atoms with E-state index in [4.69, 9.17) is 11.6 Å². The molecular weight excluding hydrogens is 289 g/mol. The largest absolute Gasteiger partial charge is 0.365 e. The van der Waals surface area contributed by atoms with E-state index in [1.165, 1.54) is 6.42 Å². The van der Waals surface area contributed by atoms with Gasteiger partial charge in [0.05, 0.1) is 5.02 Å². The van der Waals surface area contributed by atoms with E-state index < -0.39 is 0 Å². The van der Waals surface area contributed by atoms with Crippen molar-refractivity contribution in [3.63, 3.8) is 0 Å². The second-order valence-corrected chi connectivity index (χ2v) is 5.44. The van der Waals surface area contributed by atoms with Crippen molar-refractivity contribution in [1.82, 2.24) is 10.3 Å². The van der Waals surface area contributed by atoms with Gasteiger partial charge >= 0.3 is 0 Å². The molecule has 16 heavy (non-hydrogen) atoms. The van der Waals surface area contributed by atoms with Gasteiger partial charge in [0.2, 0.25) is 0 Å². The number of nitrogens with zero attached hydrogens (tertiary/aromatic N) is 1. The number of nitrogens with one attached hydrogen (secondary N) is 2. The average Bonchev–Trinajstić information content (AvgIpc) is 2.25. The summed E-state index contributed by atoms with van der Waals surface area (Å²) < 4.78 is 0.901. The van der Waals surface area contributed by atoms with Gasteiger partial charge in [-0.05, 0) is 48.3 Å². The van der Waals surface area contributed by atoms with Crippen LogP contribution in [0.4, 0.5) is 5.82 Å². The Bertz CT molecular complexity index is 372. The van der Waals surface area contributed by atoms with Crippen LogP contribution in [0.5, 0.6) is 0 Å². The zero-order valence-corrected chi connectivity index (χ0v) is 11.5. The highest BCUT2D eigenvalue weighted by molar-refractivity contribution is 9.10. The molecule has 1 aromatic rings. The lowest BCUT2D eigenvalue weighted by molar-refractivity contribution is 0.389. The fraction of sp³-hybridized carbons (Fsp3) is 0.545. The fourth-order valence-corrected chi connectivity index (χ4v) is 2.62. The van der Waals surface area contributed by atoms with Crippen LogP contribution in [0.3, 0.4) is 0 Å². The highest BCUT2D eigenvalue weighted by Gasteiger charge is 2.21. The maximum atomic E-state index is 6.12. The van der Waals surface area contributed by atoms with Crippen molar-refractivity contribution < 1.29 is 0 Å². The molecule has 0 aromatic carbocycles.